The summed E-state index contributed by atoms with van der Waals surface area (Å²) >= 11 is 0. The normalized spacial score (nSPS) is 25.9. The van der Waals surface area contributed by atoms with Crippen LogP contribution in [0.25, 0.3) is 0 Å². The van der Waals surface area contributed by atoms with Crippen LogP contribution in [0.3, 0.4) is 0 Å². The van der Waals surface area contributed by atoms with Crippen molar-refractivity contribution >= 4 is 5.91 Å². The number of carbonyl (C=O) groups excluding carboxylic acids is 1. The Kier molecular flexibility index (Phi) is 4.62. The van der Waals surface area contributed by atoms with E-state index in [0.29, 0.717) is 12.5 Å². The first-order chi connectivity index (χ1) is 8.65. The molecule has 1 amide bonds. The van der Waals surface area contributed by atoms with Gasteiger partial charge in [-0.25, -0.2) is 0 Å². The Bertz CT molecular complexity index is 281. The highest BCUT2D eigenvalue weighted by molar-refractivity contribution is 5.86. The van der Waals surface area contributed by atoms with E-state index in [-0.39, 0.29) is 11.9 Å². The van der Waals surface area contributed by atoms with Gasteiger partial charge in [0.15, 0.2) is 0 Å². The Morgan fingerprint density at radius 1 is 1.17 bits per heavy atom. The highest BCUT2D eigenvalue weighted by atomic mass is 16.2. The Balaban J connectivity index is 1.90. The van der Waals surface area contributed by atoms with Gasteiger partial charge in [0, 0.05) is 12.6 Å². The first-order valence-corrected chi connectivity index (χ1v) is 7.45. The Morgan fingerprint density at radius 2 is 1.78 bits per heavy atom. The van der Waals surface area contributed by atoms with E-state index in [1.54, 1.807) is 0 Å². The molecule has 0 saturated heterocycles. The standard InChI is InChI=1S/C14H27N3O/c15-10-12(11-6-2-1-3-7-11)17-13(18)14(16)8-4-5-9-14/h11-12H,1-10,15-16H2,(H,17,18). The SMILES string of the molecule is NCC(NC(=O)C1(N)CCCC1)C1CCCCC1. The van der Waals surface area contributed by atoms with Crippen LogP contribution in [-0.2, 0) is 4.79 Å². The summed E-state index contributed by atoms with van der Waals surface area (Å²) in [5.41, 5.74) is 11.4. The number of rotatable bonds is 4. The summed E-state index contributed by atoms with van der Waals surface area (Å²) < 4.78 is 0. The van der Waals surface area contributed by atoms with Crippen LogP contribution in [0.15, 0.2) is 0 Å². The number of hydrogen-bond donors (Lipinski definition) is 3. The molecular weight excluding hydrogens is 226 g/mol. The number of carbonyl (C=O) groups is 1. The van der Waals surface area contributed by atoms with Crippen LogP contribution in [0, 0.1) is 5.92 Å². The molecule has 1 unspecified atom stereocenters. The average molecular weight is 253 g/mol. The van der Waals surface area contributed by atoms with E-state index in [4.69, 9.17) is 11.5 Å². The predicted molar refractivity (Wildman–Crippen MR) is 72.9 cm³/mol. The van der Waals surface area contributed by atoms with Crippen molar-refractivity contribution in [2.45, 2.75) is 69.4 Å². The van der Waals surface area contributed by atoms with Crippen LogP contribution in [0.5, 0.6) is 0 Å². The first kappa shape index (κ1) is 13.8. The van der Waals surface area contributed by atoms with Gasteiger partial charge in [0.1, 0.15) is 0 Å². The van der Waals surface area contributed by atoms with Crippen molar-refractivity contribution in [1.29, 1.82) is 0 Å². The molecule has 2 saturated carbocycles. The fourth-order valence-electron chi connectivity index (χ4n) is 3.45. The molecule has 2 aliphatic carbocycles. The van der Waals surface area contributed by atoms with Gasteiger partial charge in [0.05, 0.1) is 5.54 Å². The quantitative estimate of drug-likeness (QED) is 0.706. The zero-order valence-corrected chi connectivity index (χ0v) is 11.3. The smallest absolute Gasteiger partial charge is 0.240 e. The fraction of sp³-hybridized carbons (Fsp3) is 0.929. The van der Waals surface area contributed by atoms with E-state index in [2.05, 4.69) is 5.32 Å². The molecule has 4 heteroatoms. The largest absolute Gasteiger partial charge is 0.350 e. The second kappa shape index (κ2) is 6.02. The highest BCUT2D eigenvalue weighted by Crippen LogP contribution is 2.29. The van der Waals surface area contributed by atoms with Crippen LogP contribution in [0.1, 0.15) is 57.8 Å². The molecule has 0 spiro atoms. The van der Waals surface area contributed by atoms with Gasteiger partial charge >= 0.3 is 0 Å². The Hall–Kier alpha value is -0.610. The van der Waals surface area contributed by atoms with Crippen molar-refractivity contribution in [1.82, 2.24) is 5.32 Å². The second-order valence-electron chi connectivity index (χ2n) is 6.08. The third-order valence-corrected chi connectivity index (χ3v) is 4.74. The van der Waals surface area contributed by atoms with Crippen LogP contribution >= 0.6 is 0 Å². The summed E-state index contributed by atoms with van der Waals surface area (Å²) in [5, 5.41) is 3.13. The number of hydrogen-bond acceptors (Lipinski definition) is 3. The minimum Gasteiger partial charge on any atom is -0.350 e. The van der Waals surface area contributed by atoms with E-state index in [1.807, 2.05) is 0 Å². The molecule has 2 aliphatic rings. The van der Waals surface area contributed by atoms with Gasteiger partial charge in [-0.15, -0.1) is 0 Å². The lowest BCUT2D eigenvalue weighted by atomic mass is 9.83. The van der Waals surface area contributed by atoms with E-state index >= 15 is 0 Å². The summed E-state index contributed by atoms with van der Waals surface area (Å²) in [6.45, 7) is 0.534. The van der Waals surface area contributed by atoms with Crippen LogP contribution in [0.4, 0.5) is 0 Å². The zero-order chi connectivity index (χ0) is 13.0. The maximum atomic E-state index is 12.3. The maximum Gasteiger partial charge on any atom is 0.240 e. The number of nitrogens with one attached hydrogen (secondary N) is 1. The minimum absolute atomic E-state index is 0.0287. The molecule has 1 atom stereocenters. The summed E-state index contributed by atoms with van der Waals surface area (Å²) in [4.78, 5) is 12.3. The minimum atomic E-state index is -0.623. The van der Waals surface area contributed by atoms with Gasteiger partial charge in [-0.1, -0.05) is 32.1 Å². The van der Waals surface area contributed by atoms with Crippen LogP contribution in [-0.4, -0.2) is 24.0 Å². The van der Waals surface area contributed by atoms with E-state index < -0.39 is 5.54 Å². The molecule has 0 radical (unpaired) electrons. The highest BCUT2D eigenvalue weighted by Gasteiger charge is 2.38. The molecule has 0 aromatic heterocycles. The van der Waals surface area contributed by atoms with Gasteiger partial charge < -0.3 is 16.8 Å². The summed E-state index contributed by atoms with van der Waals surface area (Å²) in [7, 11) is 0. The number of nitrogens with two attached hydrogens (primary N) is 2. The van der Waals surface area contributed by atoms with Crippen molar-refractivity contribution in [2.24, 2.45) is 17.4 Å². The van der Waals surface area contributed by atoms with Crippen LogP contribution in [0.2, 0.25) is 0 Å². The lowest BCUT2D eigenvalue weighted by Gasteiger charge is -2.33. The summed E-state index contributed by atoms with van der Waals surface area (Å²) in [6.07, 6.45) is 10.0. The van der Waals surface area contributed by atoms with Gasteiger partial charge in [-0.3, -0.25) is 4.79 Å². The zero-order valence-electron chi connectivity index (χ0n) is 11.3. The lowest BCUT2D eigenvalue weighted by molar-refractivity contribution is -0.127. The van der Waals surface area contributed by atoms with E-state index in [0.717, 1.165) is 25.7 Å². The molecule has 0 aliphatic heterocycles. The molecule has 18 heavy (non-hydrogen) atoms. The molecule has 2 fully saturated rings. The molecule has 104 valence electrons. The van der Waals surface area contributed by atoms with Gasteiger partial charge in [0.25, 0.3) is 0 Å². The third-order valence-electron chi connectivity index (χ3n) is 4.74. The second-order valence-corrected chi connectivity index (χ2v) is 6.08. The van der Waals surface area contributed by atoms with Gasteiger partial charge in [0.2, 0.25) is 5.91 Å². The lowest BCUT2D eigenvalue weighted by Crippen LogP contribution is -2.57. The molecule has 5 N–H and O–H groups in total. The topological polar surface area (TPSA) is 81.1 Å². The van der Waals surface area contributed by atoms with E-state index in [9.17, 15) is 4.79 Å². The number of amides is 1. The van der Waals surface area contributed by atoms with Crippen molar-refractivity contribution in [3.8, 4) is 0 Å². The van der Waals surface area contributed by atoms with Crippen molar-refractivity contribution < 1.29 is 4.79 Å². The Labute approximate surface area is 110 Å². The van der Waals surface area contributed by atoms with Crippen molar-refractivity contribution in [3.63, 3.8) is 0 Å². The summed E-state index contributed by atoms with van der Waals surface area (Å²) in [5.74, 6) is 0.582. The van der Waals surface area contributed by atoms with E-state index in [1.165, 1.54) is 32.1 Å². The monoisotopic (exact) mass is 253 g/mol. The molecular formula is C14H27N3O. The predicted octanol–water partition coefficient (Wildman–Crippen LogP) is 1.28. The van der Waals surface area contributed by atoms with Gasteiger partial charge in [-0.2, -0.15) is 0 Å². The first-order valence-electron chi connectivity index (χ1n) is 7.45. The molecule has 0 heterocycles. The average Bonchev–Trinajstić information content (AvgIpc) is 2.85. The van der Waals surface area contributed by atoms with Gasteiger partial charge in [-0.05, 0) is 31.6 Å². The van der Waals surface area contributed by atoms with Crippen molar-refractivity contribution in [3.05, 3.63) is 0 Å². The fourth-order valence-corrected chi connectivity index (χ4v) is 3.45. The molecule has 0 aromatic carbocycles. The maximum absolute atomic E-state index is 12.3. The van der Waals surface area contributed by atoms with Crippen LogP contribution < -0.4 is 16.8 Å². The Morgan fingerprint density at radius 3 is 2.33 bits per heavy atom. The summed E-state index contributed by atoms with van der Waals surface area (Å²) in [6, 6.07) is 0.124. The molecule has 0 aromatic rings. The molecule has 0 bridgehead atoms. The molecule has 2 rings (SSSR count). The molecule has 4 nitrogen and oxygen atoms in total. The third kappa shape index (κ3) is 3.04. The van der Waals surface area contributed by atoms with Crippen molar-refractivity contribution in [2.75, 3.05) is 6.54 Å².